The van der Waals surface area contributed by atoms with E-state index in [-0.39, 0.29) is 5.75 Å². The third kappa shape index (κ3) is 1.85. The lowest BCUT2D eigenvalue weighted by atomic mass is 9.79. The van der Waals surface area contributed by atoms with Crippen molar-refractivity contribution in [1.29, 1.82) is 0 Å². The Morgan fingerprint density at radius 2 is 1.87 bits per heavy atom. The molecule has 0 aliphatic carbocycles. The van der Waals surface area contributed by atoms with E-state index in [2.05, 4.69) is 6.58 Å². The molecule has 1 aliphatic heterocycles. The molecule has 0 spiro atoms. The molecule has 15 heavy (non-hydrogen) atoms. The first-order valence-electron chi connectivity index (χ1n) is 4.82. The molecule has 3 nitrogen and oxygen atoms in total. The van der Waals surface area contributed by atoms with Crippen LogP contribution in [0.25, 0.3) is 0 Å². The number of hydrogen-bond acceptors (Lipinski definition) is 3. The van der Waals surface area contributed by atoms with Crippen molar-refractivity contribution in [3.8, 4) is 5.75 Å². The predicted octanol–water partition coefficient (Wildman–Crippen LogP) is 1.43. The zero-order valence-corrected chi connectivity index (χ0v) is 8.86. The molecule has 1 fully saturated rings. The van der Waals surface area contributed by atoms with Crippen LogP contribution in [-0.4, -0.2) is 17.8 Å². The largest absolute Gasteiger partial charge is 0.563 e. The lowest BCUT2D eigenvalue weighted by Gasteiger charge is -2.15. The lowest BCUT2D eigenvalue weighted by Crippen LogP contribution is -2.34. The van der Waals surface area contributed by atoms with Gasteiger partial charge >= 0.3 is 7.12 Å². The van der Waals surface area contributed by atoms with E-state index >= 15 is 0 Å². The Morgan fingerprint density at radius 1 is 1.27 bits per heavy atom. The van der Waals surface area contributed by atoms with Gasteiger partial charge in [0.05, 0.1) is 5.76 Å². The lowest BCUT2D eigenvalue weighted by molar-refractivity contribution is 0.173. The minimum atomic E-state index is -0.456. The van der Waals surface area contributed by atoms with E-state index in [1.165, 1.54) is 0 Å². The molecule has 0 unspecified atom stereocenters. The third-order valence-electron chi connectivity index (χ3n) is 2.49. The Labute approximate surface area is 89.5 Å². The quantitative estimate of drug-likeness (QED) is 0.703. The fourth-order valence-corrected chi connectivity index (χ4v) is 1.40. The monoisotopic (exact) mass is 204 g/mol. The Kier molecular flexibility index (Phi) is 2.23. The molecule has 1 saturated heterocycles. The van der Waals surface area contributed by atoms with Crippen LogP contribution < -0.4 is 5.46 Å². The zero-order valence-electron chi connectivity index (χ0n) is 8.86. The second-order valence-corrected chi connectivity index (χ2v) is 4.09. The molecule has 0 saturated carbocycles. The van der Waals surface area contributed by atoms with Gasteiger partial charge in [-0.15, -0.1) is 0 Å². The normalized spacial score (nSPS) is 19.1. The SMILES string of the molecule is C=C1OB(c2ccc(O)cc2)OC1(C)C. The van der Waals surface area contributed by atoms with Crippen LogP contribution >= 0.6 is 0 Å². The van der Waals surface area contributed by atoms with Crippen molar-refractivity contribution in [2.24, 2.45) is 0 Å². The van der Waals surface area contributed by atoms with Crippen LogP contribution in [0.3, 0.4) is 0 Å². The number of rotatable bonds is 1. The van der Waals surface area contributed by atoms with Crippen molar-refractivity contribution in [3.05, 3.63) is 36.6 Å². The molecule has 78 valence electrons. The molecule has 0 radical (unpaired) electrons. The van der Waals surface area contributed by atoms with Gasteiger partial charge in [0.1, 0.15) is 11.4 Å². The van der Waals surface area contributed by atoms with Gasteiger partial charge in [-0.3, -0.25) is 0 Å². The highest BCUT2D eigenvalue weighted by Gasteiger charge is 2.42. The Bertz CT molecular complexity index is 383. The maximum Gasteiger partial charge on any atom is 0.563 e. The third-order valence-corrected chi connectivity index (χ3v) is 2.49. The Morgan fingerprint density at radius 3 is 2.33 bits per heavy atom. The molecule has 0 aromatic heterocycles. The highest BCUT2D eigenvalue weighted by molar-refractivity contribution is 6.62. The molecule has 0 amide bonds. The van der Waals surface area contributed by atoms with E-state index in [0.29, 0.717) is 5.76 Å². The topological polar surface area (TPSA) is 38.7 Å². The average molecular weight is 204 g/mol. The van der Waals surface area contributed by atoms with Gasteiger partial charge in [0, 0.05) is 0 Å². The van der Waals surface area contributed by atoms with Crippen LogP contribution in [0.4, 0.5) is 0 Å². The van der Waals surface area contributed by atoms with Gasteiger partial charge in [-0.25, -0.2) is 0 Å². The summed E-state index contributed by atoms with van der Waals surface area (Å²) in [4.78, 5) is 0. The fourth-order valence-electron chi connectivity index (χ4n) is 1.40. The van der Waals surface area contributed by atoms with E-state index in [9.17, 15) is 0 Å². The van der Waals surface area contributed by atoms with Crippen LogP contribution in [0.1, 0.15) is 13.8 Å². The van der Waals surface area contributed by atoms with E-state index in [4.69, 9.17) is 14.4 Å². The van der Waals surface area contributed by atoms with Crippen molar-refractivity contribution in [2.75, 3.05) is 0 Å². The molecule has 2 rings (SSSR count). The van der Waals surface area contributed by atoms with Gasteiger partial charge in [0.15, 0.2) is 0 Å². The van der Waals surface area contributed by atoms with Crippen LogP contribution in [0, 0.1) is 0 Å². The van der Waals surface area contributed by atoms with Crippen molar-refractivity contribution in [1.82, 2.24) is 0 Å². The maximum atomic E-state index is 9.15. The summed E-state index contributed by atoms with van der Waals surface area (Å²) in [7, 11) is -0.423. The van der Waals surface area contributed by atoms with E-state index in [1.54, 1.807) is 24.3 Å². The average Bonchev–Trinajstić information content (AvgIpc) is 2.42. The van der Waals surface area contributed by atoms with Gasteiger partial charge < -0.3 is 14.4 Å². The van der Waals surface area contributed by atoms with Crippen LogP contribution in [0.5, 0.6) is 5.75 Å². The van der Waals surface area contributed by atoms with Crippen molar-refractivity contribution < 1.29 is 14.4 Å². The summed E-state index contributed by atoms with van der Waals surface area (Å²) in [5, 5.41) is 9.15. The molecule has 1 aliphatic rings. The van der Waals surface area contributed by atoms with Crippen LogP contribution in [0.2, 0.25) is 0 Å². The molecule has 1 aromatic carbocycles. The maximum absolute atomic E-state index is 9.15. The summed E-state index contributed by atoms with van der Waals surface area (Å²) >= 11 is 0. The predicted molar refractivity (Wildman–Crippen MR) is 58.9 cm³/mol. The van der Waals surface area contributed by atoms with E-state index < -0.39 is 12.7 Å². The van der Waals surface area contributed by atoms with E-state index in [1.807, 2.05) is 13.8 Å². The van der Waals surface area contributed by atoms with Gasteiger partial charge in [0.2, 0.25) is 0 Å². The smallest absolute Gasteiger partial charge is 0.534 e. The molecule has 1 heterocycles. The minimum Gasteiger partial charge on any atom is -0.534 e. The van der Waals surface area contributed by atoms with Crippen molar-refractivity contribution in [3.63, 3.8) is 0 Å². The summed E-state index contributed by atoms with van der Waals surface area (Å²) in [5.74, 6) is 0.857. The van der Waals surface area contributed by atoms with Gasteiger partial charge in [-0.05, 0) is 31.4 Å². The zero-order chi connectivity index (χ0) is 11.1. The molecule has 0 atom stereocenters. The van der Waals surface area contributed by atoms with E-state index in [0.717, 1.165) is 5.46 Å². The fraction of sp³-hybridized carbons (Fsp3) is 0.273. The number of benzene rings is 1. The second kappa shape index (κ2) is 3.31. The standard InChI is InChI=1S/C11H13BO3/c1-8-11(2,3)15-12(14-8)9-4-6-10(13)7-5-9/h4-7,13H,1H2,2-3H3. The summed E-state index contributed by atoms with van der Waals surface area (Å²) in [6.45, 7) is 7.63. The minimum absolute atomic E-state index is 0.231. The van der Waals surface area contributed by atoms with Crippen LogP contribution in [-0.2, 0) is 9.31 Å². The first-order valence-corrected chi connectivity index (χ1v) is 4.82. The summed E-state index contributed by atoms with van der Waals surface area (Å²) < 4.78 is 11.2. The van der Waals surface area contributed by atoms with Crippen molar-refractivity contribution in [2.45, 2.75) is 19.4 Å². The first kappa shape index (κ1) is 10.1. The number of phenolic OH excluding ortho intramolecular Hbond substituents is 1. The second-order valence-electron chi connectivity index (χ2n) is 4.09. The molecule has 1 N–H and O–H groups in total. The summed E-state index contributed by atoms with van der Waals surface area (Å²) in [6, 6.07) is 6.76. The Hall–Kier alpha value is -1.42. The van der Waals surface area contributed by atoms with Gasteiger partial charge in [-0.1, -0.05) is 18.7 Å². The van der Waals surface area contributed by atoms with Gasteiger partial charge in [-0.2, -0.15) is 0 Å². The van der Waals surface area contributed by atoms with Crippen molar-refractivity contribution >= 4 is 12.6 Å². The summed E-state index contributed by atoms with van der Waals surface area (Å²) in [5.41, 5.74) is 0.419. The van der Waals surface area contributed by atoms with Gasteiger partial charge in [0.25, 0.3) is 0 Å². The molecular formula is C11H13BO3. The summed E-state index contributed by atoms with van der Waals surface area (Å²) in [6.07, 6.45) is 0. The van der Waals surface area contributed by atoms with Crippen LogP contribution in [0.15, 0.2) is 36.6 Å². The highest BCUT2D eigenvalue weighted by Crippen LogP contribution is 2.29. The Balaban J connectivity index is 2.21. The number of phenols is 1. The number of hydrogen-bond donors (Lipinski definition) is 1. The first-order chi connectivity index (χ1) is 6.99. The molecule has 1 aromatic rings. The molecule has 4 heteroatoms. The number of aromatic hydroxyl groups is 1. The molecular weight excluding hydrogens is 191 g/mol. The highest BCUT2D eigenvalue weighted by atomic mass is 16.7. The molecule has 0 bridgehead atoms.